The molecule has 0 radical (unpaired) electrons. The molecule has 2 N–H and O–H groups in total. The molecule has 0 aliphatic carbocycles. The van der Waals surface area contributed by atoms with Crippen LogP contribution in [0.2, 0.25) is 0 Å². The molecule has 2 aliphatic heterocycles. The van der Waals surface area contributed by atoms with E-state index in [1.54, 1.807) is 48.5 Å². The lowest BCUT2D eigenvalue weighted by atomic mass is 10.2. The van der Waals surface area contributed by atoms with Crippen LogP contribution in [0, 0.1) is 0 Å². The quantitative estimate of drug-likeness (QED) is 0.573. The molecule has 0 bridgehead atoms. The first-order valence-electron chi connectivity index (χ1n) is 10.7. The van der Waals surface area contributed by atoms with Gasteiger partial charge in [0.2, 0.25) is 6.10 Å². The number of benzene rings is 3. The lowest BCUT2D eigenvalue weighted by Gasteiger charge is -2.25. The summed E-state index contributed by atoms with van der Waals surface area (Å²) in [7, 11) is -3.85. The van der Waals surface area contributed by atoms with Gasteiger partial charge in [-0.1, -0.05) is 12.1 Å². The third-order valence-corrected chi connectivity index (χ3v) is 6.61. The number of anilines is 2. The van der Waals surface area contributed by atoms with E-state index in [9.17, 15) is 13.2 Å². The zero-order valence-electron chi connectivity index (χ0n) is 18.0. The van der Waals surface area contributed by atoms with Gasteiger partial charge in [-0.05, 0) is 48.5 Å². The summed E-state index contributed by atoms with van der Waals surface area (Å²) in [6.45, 7) is 1.07. The first-order valence-corrected chi connectivity index (χ1v) is 12.2. The van der Waals surface area contributed by atoms with Crippen molar-refractivity contribution in [2.24, 2.45) is 0 Å². The second-order valence-electron chi connectivity index (χ2n) is 7.70. The van der Waals surface area contributed by atoms with Gasteiger partial charge in [0.05, 0.1) is 18.1 Å². The molecule has 9 nitrogen and oxygen atoms in total. The summed E-state index contributed by atoms with van der Waals surface area (Å²) in [6.07, 6.45) is -0.0714. The van der Waals surface area contributed by atoms with Crippen LogP contribution >= 0.6 is 0 Å². The molecule has 0 aromatic heterocycles. The monoisotopic (exact) mass is 482 g/mol. The number of amides is 1. The van der Waals surface area contributed by atoms with Crippen molar-refractivity contribution >= 4 is 27.3 Å². The molecule has 0 spiro atoms. The Hall–Kier alpha value is -3.92. The predicted octanol–water partition coefficient (Wildman–Crippen LogP) is 3.43. The van der Waals surface area contributed by atoms with Crippen LogP contribution in [0.4, 0.5) is 11.4 Å². The maximum absolute atomic E-state index is 12.8. The van der Waals surface area contributed by atoms with Gasteiger partial charge in [0.25, 0.3) is 15.9 Å². The van der Waals surface area contributed by atoms with Crippen molar-refractivity contribution in [1.29, 1.82) is 0 Å². The fourth-order valence-electron chi connectivity index (χ4n) is 3.52. The second-order valence-corrected chi connectivity index (χ2v) is 9.38. The van der Waals surface area contributed by atoms with Crippen molar-refractivity contribution in [2.45, 2.75) is 17.4 Å². The van der Waals surface area contributed by atoms with E-state index in [1.807, 2.05) is 6.07 Å². The summed E-state index contributed by atoms with van der Waals surface area (Å²) < 4.78 is 50.6. The number of carbonyl (C=O) groups excluding carboxylic acids is 1. The van der Waals surface area contributed by atoms with E-state index < -0.39 is 16.1 Å². The van der Waals surface area contributed by atoms with Crippen LogP contribution in [0.1, 0.15) is 6.42 Å². The van der Waals surface area contributed by atoms with Gasteiger partial charge in [0.15, 0.2) is 23.0 Å². The molecule has 10 heteroatoms. The highest BCUT2D eigenvalue weighted by molar-refractivity contribution is 7.92. The maximum Gasteiger partial charge on any atom is 0.269 e. The Kier molecular flexibility index (Phi) is 5.89. The lowest BCUT2D eigenvalue weighted by Crippen LogP contribution is -2.40. The fourth-order valence-corrected chi connectivity index (χ4v) is 4.59. The Balaban J connectivity index is 1.23. The molecule has 34 heavy (non-hydrogen) atoms. The minimum atomic E-state index is -3.85. The fraction of sp³-hybridized carbons (Fsp3) is 0.208. The molecule has 0 saturated heterocycles. The van der Waals surface area contributed by atoms with E-state index >= 15 is 0 Å². The summed E-state index contributed by atoms with van der Waals surface area (Å²) in [6, 6.07) is 18.0. The Bertz CT molecular complexity index is 1310. The lowest BCUT2D eigenvalue weighted by molar-refractivity contribution is -0.125. The largest absolute Gasteiger partial charge is 0.490 e. The number of hydrogen-bond acceptors (Lipinski definition) is 7. The van der Waals surface area contributed by atoms with Gasteiger partial charge in [-0.2, -0.15) is 0 Å². The summed E-state index contributed by atoms with van der Waals surface area (Å²) in [5, 5.41) is 2.75. The van der Waals surface area contributed by atoms with Crippen LogP contribution < -0.4 is 29.0 Å². The van der Waals surface area contributed by atoms with Crippen LogP contribution in [-0.4, -0.2) is 40.2 Å². The van der Waals surface area contributed by atoms with Crippen LogP contribution in [0.5, 0.6) is 23.0 Å². The molecule has 1 amide bonds. The predicted molar refractivity (Wildman–Crippen MR) is 124 cm³/mol. The summed E-state index contributed by atoms with van der Waals surface area (Å²) >= 11 is 0. The van der Waals surface area contributed by atoms with E-state index in [0.29, 0.717) is 47.6 Å². The number of carbonyl (C=O) groups is 1. The van der Waals surface area contributed by atoms with E-state index in [0.717, 1.165) is 6.42 Å². The van der Waals surface area contributed by atoms with Crippen molar-refractivity contribution in [2.75, 3.05) is 29.9 Å². The Labute approximate surface area is 196 Å². The van der Waals surface area contributed by atoms with Crippen molar-refractivity contribution in [3.05, 3.63) is 66.7 Å². The highest BCUT2D eigenvalue weighted by atomic mass is 32.2. The van der Waals surface area contributed by atoms with Gasteiger partial charge in [0, 0.05) is 23.9 Å². The molecule has 0 saturated carbocycles. The number of para-hydroxylation sites is 2. The van der Waals surface area contributed by atoms with Crippen LogP contribution in [-0.2, 0) is 14.8 Å². The van der Waals surface area contributed by atoms with Gasteiger partial charge in [-0.25, -0.2) is 8.42 Å². The first kappa shape index (κ1) is 21.9. The molecule has 2 heterocycles. The first-order chi connectivity index (χ1) is 16.5. The Morgan fingerprint density at radius 3 is 2.26 bits per heavy atom. The minimum absolute atomic E-state index is 0.0591. The van der Waals surface area contributed by atoms with Crippen LogP contribution in [0.15, 0.2) is 71.6 Å². The number of sulfonamides is 1. The maximum atomic E-state index is 12.8. The van der Waals surface area contributed by atoms with Crippen molar-refractivity contribution in [3.63, 3.8) is 0 Å². The molecule has 2 aliphatic rings. The number of nitrogens with one attached hydrogen (secondary N) is 2. The highest BCUT2D eigenvalue weighted by Crippen LogP contribution is 2.33. The number of ether oxygens (including phenoxy) is 4. The van der Waals surface area contributed by atoms with E-state index in [1.165, 1.54) is 12.1 Å². The second kappa shape index (κ2) is 9.14. The topological polar surface area (TPSA) is 112 Å². The van der Waals surface area contributed by atoms with Gasteiger partial charge < -0.3 is 24.3 Å². The molecule has 5 rings (SSSR count). The van der Waals surface area contributed by atoms with Crippen LogP contribution in [0.25, 0.3) is 0 Å². The van der Waals surface area contributed by atoms with Crippen molar-refractivity contribution < 1.29 is 32.2 Å². The molecular weight excluding hydrogens is 460 g/mol. The molecular formula is C24H22N2O7S. The highest BCUT2D eigenvalue weighted by Gasteiger charge is 2.27. The van der Waals surface area contributed by atoms with E-state index in [2.05, 4.69) is 10.0 Å². The van der Waals surface area contributed by atoms with Gasteiger partial charge in [0.1, 0.15) is 6.61 Å². The zero-order chi connectivity index (χ0) is 23.5. The standard InChI is InChI=1S/C24H22N2O7S/c27-24(23-15-32-19-4-1-2-5-21(19)33-23)25-16-6-8-17(9-7-16)26-34(28,29)18-10-11-20-22(14-18)31-13-3-12-30-20/h1-2,4-11,14,23,26H,3,12-13,15H2,(H,25,27). The Morgan fingerprint density at radius 1 is 0.794 bits per heavy atom. The number of fused-ring (bicyclic) bond motifs is 2. The number of rotatable bonds is 5. The van der Waals surface area contributed by atoms with Crippen LogP contribution in [0.3, 0.4) is 0 Å². The molecule has 0 fully saturated rings. The number of hydrogen-bond donors (Lipinski definition) is 2. The third-order valence-electron chi connectivity index (χ3n) is 5.23. The minimum Gasteiger partial charge on any atom is -0.490 e. The van der Waals surface area contributed by atoms with Crippen molar-refractivity contribution in [1.82, 2.24) is 0 Å². The average Bonchev–Trinajstić information content (AvgIpc) is 3.10. The van der Waals surface area contributed by atoms with Gasteiger partial charge in [-0.15, -0.1) is 0 Å². The van der Waals surface area contributed by atoms with Gasteiger partial charge in [-0.3, -0.25) is 9.52 Å². The van der Waals surface area contributed by atoms with E-state index in [-0.39, 0.29) is 17.4 Å². The molecule has 176 valence electrons. The normalized spacial score (nSPS) is 16.8. The Morgan fingerprint density at radius 2 is 1.47 bits per heavy atom. The molecule has 1 atom stereocenters. The van der Waals surface area contributed by atoms with Crippen molar-refractivity contribution in [3.8, 4) is 23.0 Å². The average molecular weight is 483 g/mol. The third kappa shape index (κ3) is 4.72. The summed E-state index contributed by atoms with van der Waals surface area (Å²) in [5.41, 5.74) is 0.835. The zero-order valence-corrected chi connectivity index (χ0v) is 18.8. The van der Waals surface area contributed by atoms with E-state index in [4.69, 9.17) is 18.9 Å². The molecule has 3 aromatic rings. The van der Waals surface area contributed by atoms with Gasteiger partial charge >= 0.3 is 0 Å². The molecule has 3 aromatic carbocycles. The molecule has 1 unspecified atom stereocenters. The summed E-state index contributed by atoms with van der Waals surface area (Å²) in [4.78, 5) is 12.6. The smallest absolute Gasteiger partial charge is 0.269 e. The SMILES string of the molecule is O=C(Nc1ccc(NS(=O)(=O)c2ccc3c(c2)OCCCO3)cc1)C1COc2ccccc2O1. The summed E-state index contributed by atoms with van der Waals surface area (Å²) in [5.74, 6) is 1.66.